The van der Waals surface area contributed by atoms with Gasteiger partial charge in [0, 0.05) is 50.0 Å². The topological polar surface area (TPSA) is 90.2 Å². The highest BCUT2D eigenvalue weighted by molar-refractivity contribution is 5.85. The monoisotopic (exact) mass is 397 g/mol. The van der Waals surface area contributed by atoms with Crippen LogP contribution in [0, 0.1) is 0 Å². The zero-order valence-electron chi connectivity index (χ0n) is 17.1. The molecule has 4 heterocycles. The van der Waals surface area contributed by atoms with Crippen LogP contribution in [0.15, 0.2) is 24.7 Å². The van der Waals surface area contributed by atoms with Gasteiger partial charge in [-0.05, 0) is 19.9 Å². The number of pyridine rings is 1. The molecule has 1 fully saturated rings. The largest absolute Gasteiger partial charge is 0.481 e. The van der Waals surface area contributed by atoms with Crippen LogP contribution in [0.5, 0.6) is 5.88 Å². The van der Waals surface area contributed by atoms with Gasteiger partial charge in [0.1, 0.15) is 5.52 Å². The molecule has 1 N–H and O–H groups in total. The van der Waals surface area contributed by atoms with Crippen molar-refractivity contribution in [3.63, 3.8) is 0 Å². The van der Waals surface area contributed by atoms with E-state index in [1.54, 1.807) is 13.3 Å². The van der Waals surface area contributed by atoms with E-state index >= 15 is 0 Å². The van der Waals surface area contributed by atoms with E-state index in [1.807, 2.05) is 18.5 Å². The van der Waals surface area contributed by atoms with E-state index in [2.05, 4.69) is 38.6 Å². The van der Waals surface area contributed by atoms with Gasteiger partial charge in [0.25, 0.3) is 0 Å². The number of ether oxygens (including phenoxy) is 2. The van der Waals surface area contributed by atoms with Crippen LogP contribution in [0.1, 0.15) is 19.9 Å². The molecule has 0 radical (unpaired) electrons. The standard InChI is InChI=1S/C20H27N7O2/c1-14(2)27-13-23-17-19(21-6-7-26-8-10-29-11-9-26)24-18(25-20(17)27)15-4-5-16(28-3)22-12-15/h4-5,12-14H,6-11H2,1-3H3,(H,21,24,25). The Bertz CT molecular complexity index is 949. The third-order valence-corrected chi connectivity index (χ3v) is 5.01. The van der Waals surface area contributed by atoms with Gasteiger partial charge in [-0.25, -0.2) is 19.9 Å². The molecule has 0 amide bonds. The maximum absolute atomic E-state index is 5.42. The molecule has 1 saturated heterocycles. The summed E-state index contributed by atoms with van der Waals surface area (Å²) in [6.45, 7) is 9.46. The molecule has 0 spiro atoms. The normalized spacial score (nSPS) is 15.2. The van der Waals surface area contributed by atoms with E-state index in [9.17, 15) is 0 Å². The number of anilines is 1. The van der Waals surface area contributed by atoms with Crippen molar-refractivity contribution in [2.45, 2.75) is 19.9 Å². The summed E-state index contributed by atoms with van der Waals surface area (Å²) in [5, 5.41) is 3.47. The number of imidazole rings is 1. The van der Waals surface area contributed by atoms with Gasteiger partial charge in [-0.3, -0.25) is 4.90 Å². The lowest BCUT2D eigenvalue weighted by atomic mass is 10.2. The highest BCUT2D eigenvalue weighted by Crippen LogP contribution is 2.26. The predicted molar refractivity (Wildman–Crippen MR) is 111 cm³/mol. The van der Waals surface area contributed by atoms with Gasteiger partial charge >= 0.3 is 0 Å². The van der Waals surface area contributed by atoms with E-state index in [4.69, 9.17) is 19.4 Å². The van der Waals surface area contributed by atoms with Gasteiger partial charge in [-0.1, -0.05) is 0 Å². The molecule has 0 aromatic carbocycles. The molecule has 4 rings (SSSR count). The second-order valence-electron chi connectivity index (χ2n) is 7.28. The lowest BCUT2D eigenvalue weighted by molar-refractivity contribution is 0.0398. The van der Waals surface area contributed by atoms with Crippen molar-refractivity contribution in [1.29, 1.82) is 0 Å². The number of hydrogen-bond donors (Lipinski definition) is 1. The molecular formula is C20H27N7O2. The van der Waals surface area contributed by atoms with Crippen LogP contribution in [0.3, 0.4) is 0 Å². The number of methoxy groups -OCH3 is 1. The summed E-state index contributed by atoms with van der Waals surface area (Å²) in [4.78, 5) is 20.8. The van der Waals surface area contributed by atoms with Crippen molar-refractivity contribution in [1.82, 2.24) is 29.4 Å². The lowest BCUT2D eigenvalue weighted by Gasteiger charge is -2.26. The summed E-state index contributed by atoms with van der Waals surface area (Å²) in [6, 6.07) is 3.98. The van der Waals surface area contributed by atoms with Crippen LogP contribution in [0.2, 0.25) is 0 Å². The van der Waals surface area contributed by atoms with Crippen LogP contribution in [-0.4, -0.2) is 75.9 Å². The Kier molecular flexibility index (Phi) is 5.86. The Hall–Kier alpha value is -2.78. The van der Waals surface area contributed by atoms with E-state index in [0.717, 1.165) is 61.9 Å². The molecule has 3 aromatic heterocycles. The molecule has 0 aliphatic carbocycles. The molecule has 154 valence electrons. The summed E-state index contributed by atoms with van der Waals surface area (Å²) in [5.41, 5.74) is 2.43. The predicted octanol–water partition coefficient (Wildman–Crippen LogP) is 2.22. The highest BCUT2D eigenvalue weighted by Gasteiger charge is 2.17. The Labute approximate surface area is 170 Å². The minimum Gasteiger partial charge on any atom is -0.481 e. The van der Waals surface area contributed by atoms with Crippen LogP contribution < -0.4 is 10.1 Å². The van der Waals surface area contributed by atoms with Gasteiger partial charge < -0.3 is 19.4 Å². The van der Waals surface area contributed by atoms with Crippen LogP contribution in [0.25, 0.3) is 22.6 Å². The van der Waals surface area contributed by atoms with E-state index in [0.29, 0.717) is 11.7 Å². The van der Waals surface area contributed by atoms with Crippen molar-refractivity contribution in [2.24, 2.45) is 0 Å². The smallest absolute Gasteiger partial charge is 0.212 e. The van der Waals surface area contributed by atoms with Crippen LogP contribution in [0.4, 0.5) is 5.82 Å². The van der Waals surface area contributed by atoms with E-state index in [1.165, 1.54) is 0 Å². The minimum atomic E-state index is 0.248. The number of nitrogens with one attached hydrogen (secondary N) is 1. The molecule has 3 aromatic rings. The van der Waals surface area contributed by atoms with Crippen LogP contribution in [-0.2, 0) is 4.74 Å². The summed E-state index contributed by atoms with van der Waals surface area (Å²) in [5.74, 6) is 1.92. The van der Waals surface area contributed by atoms with Gasteiger partial charge in [-0.2, -0.15) is 0 Å². The quantitative estimate of drug-likeness (QED) is 0.649. The van der Waals surface area contributed by atoms with E-state index in [-0.39, 0.29) is 6.04 Å². The average Bonchev–Trinajstić information content (AvgIpc) is 3.19. The fraction of sp³-hybridized carbons (Fsp3) is 0.500. The molecule has 0 saturated carbocycles. The Morgan fingerprint density at radius 2 is 2.00 bits per heavy atom. The fourth-order valence-corrected chi connectivity index (χ4v) is 3.34. The second-order valence-corrected chi connectivity index (χ2v) is 7.28. The van der Waals surface area contributed by atoms with Crippen molar-refractivity contribution in [3.05, 3.63) is 24.7 Å². The van der Waals surface area contributed by atoms with Crippen molar-refractivity contribution in [2.75, 3.05) is 51.8 Å². The third kappa shape index (κ3) is 4.30. The highest BCUT2D eigenvalue weighted by atomic mass is 16.5. The number of aromatic nitrogens is 5. The first-order valence-corrected chi connectivity index (χ1v) is 9.94. The Morgan fingerprint density at radius 1 is 1.17 bits per heavy atom. The number of morpholine rings is 1. The van der Waals surface area contributed by atoms with Gasteiger partial charge in [0.2, 0.25) is 5.88 Å². The fourth-order valence-electron chi connectivity index (χ4n) is 3.34. The minimum absolute atomic E-state index is 0.248. The van der Waals surface area contributed by atoms with Crippen molar-refractivity contribution in [3.8, 4) is 17.3 Å². The summed E-state index contributed by atoms with van der Waals surface area (Å²) < 4.78 is 12.6. The first-order valence-electron chi connectivity index (χ1n) is 9.94. The average molecular weight is 397 g/mol. The zero-order chi connectivity index (χ0) is 20.2. The molecule has 9 heteroatoms. The maximum Gasteiger partial charge on any atom is 0.212 e. The molecule has 1 aliphatic rings. The van der Waals surface area contributed by atoms with Crippen LogP contribution >= 0.6 is 0 Å². The van der Waals surface area contributed by atoms with Gasteiger partial charge in [0.15, 0.2) is 17.3 Å². The summed E-state index contributed by atoms with van der Waals surface area (Å²) in [6.07, 6.45) is 3.56. The first kappa shape index (κ1) is 19.5. The molecule has 0 atom stereocenters. The van der Waals surface area contributed by atoms with Gasteiger partial charge in [-0.15, -0.1) is 0 Å². The molecule has 0 unspecified atom stereocenters. The maximum atomic E-state index is 5.42. The summed E-state index contributed by atoms with van der Waals surface area (Å²) in [7, 11) is 1.60. The number of hydrogen-bond acceptors (Lipinski definition) is 8. The number of nitrogens with zero attached hydrogens (tertiary/aromatic N) is 6. The molecular weight excluding hydrogens is 370 g/mol. The van der Waals surface area contributed by atoms with E-state index < -0.39 is 0 Å². The first-order chi connectivity index (χ1) is 14.2. The van der Waals surface area contributed by atoms with Crippen molar-refractivity contribution >= 4 is 17.0 Å². The third-order valence-electron chi connectivity index (χ3n) is 5.01. The zero-order valence-corrected chi connectivity index (χ0v) is 17.1. The molecule has 0 bridgehead atoms. The Morgan fingerprint density at radius 3 is 2.69 bits per heavy atom. The number of fused-ring (bicyclic) bond motifs is 1. The molecule has 1 aliphatic heterocycles. The molecule has 29 heavy (non-hydrogen) atoms. The summed E-state index contributed by atoms with van der Waals surface area (Å²) >= 11 is 0. The Balaban J connectivity index is 1.63. The second kappa shape index (κ2) is 8.71. The van der Waals surface area contributed by atoms with Gasteiger partial charge in [0.05, 0.1) is 26.7 Å². The lowest BCUT2D eigenvalue weighted by Crippen LogP contribution is -2.39. The SMILES string of the molecule is COc1ccc(-c2nc(NCCN3CCOCC3)c3ncn(C(C)C)c3n2)cn1. The number of rotatable bonds is 7. The van der Waals surface area contributed by atoms with Crippen molar-refractivity contribution < 1.29 is 9.47 Å². The molecule has 9 nitrogen and oxygen atoms in total.